The minimum atomic E-state index is -1.36. The molecular weight excluding hydrogens is 296 g/mol. The number of benzene rings is 1. The highest BCUT2D eigenvalue weighted by molar-refractivity contribution is 9.10. The lowest BCUT2D eigenvalue weighted by atomic mass is 10.3. The van der Waals surface area contributed by atoms with Gasteiger partial charge in [0.2, 0.25) is 0 Å². The highest BCUT2D eigenvalue weighted by Gasteiger charge is 2.05. The van der Waals surface area contributed by atoms with Crippen LogP contribution in [0.4, 0.5) is 0 Å². The third-order valence-corrected chi connectivity index (χ3v) is 3.40. The predicted molar refractivity (Wildman–Crippen MR) is 65.1 cm³/mol. The third kappa shape index (κ3) is 5.27. The van der Waals surface area contributed by atoms with Gasteiger partial charge in [0.05, 0.1) is 12.4 Å². The van der Waals surface area contributed by atoms with Crippen molar-refractivity contribution in [2.75, 3.05) is 18.1 Å². The number of halogens is 1. The molecule has 6 heteroatoms. The average Bonchev–Trinajstić information content (AvgIpc) is 2.20. The summed E-state index contributed by atoms with van der Waals surface area (Å²) < 4.78 is 17.4. The first-order chi connectivity index (χ1) is 7.58. The van der Waals surface area contributed by atoms with Gasteiger partial charge in [-0.15, -0.1) is 0 Å². The van der Waals surface area contributed by atoms with Crippen LogP contribution < -0.4 is 4.74 Å². The second-order valence-corrected chi connectivity index (χ2v) is 5.48. The normalized spacial score (nSPS) is 12.1. The van der Waals surface area contributed by atoms with E-state index in [4.69, 9.17) is 9.84 Å². The van der Waals surface area contributed by atoms with Gasteiger partial charge in [0.15, 0.2) is 0 Å². The number of carboxylic acids is 1. The molecule has 0 spiro atoms. The van der Waals surface area contributed by atoms with Crippen LogP contribution in [0.2, 0.25) is 0 Å². The smallest absolute Gasteiger partial charge is 0.316 e. The van der Waals surface area contributed by atoms with Gasteiger partial charge in [0.1, 0.15) is 11.5 Å². The summed E-state index contributed by atoms with van der Waals surface area (Å²) in [5.74, 6) is -0.482. The average molecular weight is 307 g/mol. The lowest BCUT2D eigenvalue weighted by Crippen LogP contribution is -2.16. The Kier molecular flexibility index (Phi) is 5.48. The Bertz CT molecular complexity index is 377. The van der Waals surface area contributed by atoms with E-state index in [1.54, 1.807) is 12.1 Å². The van der Waals surface area contributed by atoms with E-state index in [0.29, 0.717) is 5.75 Å². The molecule has 0 saturated heterocycles. The first-order valence-corrected chi connectivity index (χ1v) is 6.81. The van der Waals surface area contributed by atoms with Crippen LogP contribution in [0, 0.1) is 0 Å². The maximum absolute atomic E-state index is 11.1. The molecule has 1 N–H and O–H groups in total. The largest absolute Gasteiger partial charge is 0.493 e. The van der Waals surface area contributed by atoms with Crippen LogP contribution >= 0.6 is 15.9 Å². The van der Waals surface area contributed by atoms with E-state index >= 15 is 0 Å². The third-order valence-electron chi connectivity index (χ3n) is 1.68. The van der Waals surface area contributed by atoms with Crippen LogP contribution in [0.15, 0.2) is 28.7 Å². The molecule has 0 aliphatic rings. The van der Waals surface area contributed by atoms with Crippen LogP contribution in [0.1, 0.15) is 0 Å². The zero-order valence-electron chi connectivity index (χ0n) is 8.39. The minimum absolute atomic E-state index is 0.225. The molecule has 1 atom stereocenters. The maximum atomic E-state index is 11.1. The van der Waals surface area contributed by atoms with E-state index in [0.717, 1.165) is 4.47 Å². The topological polar surface area (TPSA) is 63.6 Å². The molecule has 1 aromatic rings. The number of hydrogen-bond donors (Lipinski definition) is 1. The van der Waals surface area contributed by atoms with Crippen molar-refractivity contribution >= 4 is 32.7 Å². The van der Waals surface area contributed by atoms with Crippen molar-refractivity contribution < 1.29 is 18.8 Å². The summed E-state index contributed by atoms with van der Waals surface area (Å²) in [4.78, 5) is 10.2. The molecule has 16 heavy (non-hydrogen) atoms. The van der Waals surface area contributed by atoms with Gasteiger partial charge in [-0.25, -0.2) is 0 Å². The van der Waals surface area contributed by atoms with Crippen LogP contribution in [-0.2, 0) is 15.6 Å². The second-order valence-electron chi connectivity index (χ2n) is 2.98. The number of carboxylic acid groups (broad SMARTS) is 1. The summed E-state index contributed by atoms with van der Waals surface area (Å²) in [6, 6.07) is 7.24. The zero-order chi connectivity index (χ0) is 12.0. The van der Waals surface area contributed by atoms with Crippen molar-refractivity contribution in [3.8, 4) is 5.75 Å². The van der Waals surface area contributed by atoms with E-state index in [-0.39, 0.29) is 18.1 Å². The lowest BCUT2D eigenvalue weighted by molar-refractivity contribution is -0.133. The van der Waals surface area contributed by atoms with Gasteiger partial charge in [-0.2, -0.15) is 0 Å². The second kappa shape index (κ2) is 6.65. The van der Waals surface area contributed by atoms with Gasteiger partial charge in [-0.05, 0) is 24.3 Å². The SMILES string of the molecule is O=C(O)CS(=O)CCOc1ccc(Br)cc1. The quantitative estimate of drug-likeness (QED) is 0.868. The Morgan fingerprint density at radius 2 is 2.00 bits per heavy atom. The van der Waals surface area contributed by atoms with Gasteiger partial charge in [-0.3, -0.25) is 9.00 Å². The highest BCUT2D eigenvalue weighted by Crippen LogP contribution is 2.15. The van der Waals surface area contributed by atoms with Crippen LogP contribution in [0.5, 0.6) is 5.75 Å². The Balaban J connectivity index is 2.28. The lowest BCUT2D eigenvalue weighted by Gasteiger charge is -2.05. The molecule has 1 rings (SSSR count). The number of carbonyl (C=O) groups is 1. The number of ether oxygens (including phenoxy) is 1. The van der Waals surface area contributed by atoms with Crippen LogP contribution in [0.25, 0.3) is 0 Å². The molecule has 0 aliphatic carbocycles. The van der Waals surface area contributed by atoms with E-state index < -0.39 is 16.8 Å². The molecule has 0 bridgehead atoms. The Hall–Kier alpha value is -0.880. The fourth-order valence-corrected chi connectivity index (χ4v) is 1.95. The number of rotatable bonds is 6. The molecule has 0 aromatic heterocycles. The molecular formula is C10H11BrO4S. The fourth-order valence-electron chi connectivity index (χ4n) is 0.993. The summed E-state index contributed by atoms with van der Waals surface area (Å²) in [5, 5.41) is 8.39. The Morgan fingerprint density at radius 3 is 2.56 bits per heavy atom. The van der Waals surface area contributed by atoms with Gasteiger partial charge in [-0.1, -0.05) is 15.9 Å². The molecule has 0 aliphatic heterocycles. The molecule has 0 radical (unpaired) electrons. The fraction of sp³-hybridized carbons (Fsp3) is 0.300. The van der Waals surface area contributed by atoms with Crippen molar-refractivity contribution in [1.82, 2.24) is 0 Å². The van der Waals surface area contributed by atoms with Crippen molar-refractivity contribution in [3.05, 3.63) is 28.7 Å². The van der Waals surface area contributed by atoms with Crippen LogP contribution in [-0.4, -0.2) is 33.4 Å². The molecule has 1 aromatic carbocycles. The maximum Gasteiger partial charge on any atom is 0.316 e. The molecule has 4 nitrogen and oxygen atoms in total. The standard InChI is InChI=1S/C10H11BrO4S/c11-8-1-3-9(4-2-8)15-5-6-16(14)7-10(12)13/h1-4H,5-7H2,(H,12,13). The predicted octanol–water partition coefficient (Wildman–Crippen LogP) is 1.66. The summed E-state index contributed by atoms with van der Waals surface area (Å²) >= 11 is 3.29. The molecule has 88 valence electrons. The molecule has 0 heterocycles. The van der Waals surface area contributed by atoms with Crippen molar-refractivity contribution in [2.24, 2.45) is 0 Å². The van der Waals surface area contributed by atoms with E-state index in [1.807, 2.05) is 12.1 Å². The number of hydrogen-bond acceptors (Lipinski definition) is 3. The first kappa shape index (κ1) is 13.2. The first-order valence-electron chi connectivity index (χ1n) is 4.53. The zero-order valence-corrected chi connectivity index (χ0v) is 10.8. The highest BCUT2D eigenvalue weighted by atomic mass is 79.9. The Morgan fingerprint density at radius 1 is 1.38 bits per heavy atom. The summed E-state index contributed by atoms with van der Waals surface area (Å²) in [6.45, 7) is 0.252. The number of aliphatic carboxylic acids is 1. The van der Waals surface area contributed by atoms with Gasteiger partial charge in [0.25, 0.3) is 0 Å². The van der Waals surface area contributed by atoms with E-state index in [9.17, 15) is 9.00 Å². The monoisotopic (exact) mass is 306 g/mol. The summed E-state index contributed by atoms with van der Waals surface area (Å²) in [5.41, 5.74) is 0. The molecule has 0 saturated carbocycles. The summed E-state index contributed by atoms with van der Waals surface area (Å²) in [6.07, 6.45) is 0. The van der Waals surface area contributed by atoms with Crippen molar-refractivity contribution in [1.29, 1.82) is 0 Å². The van der Waals surface area contributed by atoms with Crippen LogP contribution in [0.3, 0.4) is 0 Å². The van der Waals surface area contributed by atoms with Gasteiger partial charge >= 0.3 is 5.97 Å². The van der Waals surface area contributed by atoms with E-state index in [2.05, 4.69) is 15.9 Å². The molecule has 1 unspecified atom stereocenters. The van der Waals surface area contributed by atoms with Gasteiger partial charge in [0, 0.05) is 15.3 Å². The van der Waals surface area contributed by atoms with E-state index in [1.165, 1.54) is 0 Å². The summed E-state index contributed by atoms with van der Waals surface area (Å²) in [7, 11) is -1.36. The molecule has 0 fully saturated rings. The van der Waals surface area contributed by atoms with Crippen molar-refractivity contribution in [3.63, 3.8) is 0 Å². The van der Waals surface area contributed by atoms with Crippen molar-refractivity contribution in [2.45, 2.75) is 0 Å². The molecule has 0 amide bonds. The Labute approximate surface area is 104 Å². The minimum Gasteiger partial charge on any atom is -0.493 e. The van der Waals surface area contributed by atoms with Gasteiger partial charge < -0.3 is 9.84 Å².